The number of benzene rings is 4. The first-order valence-corrected chi connectivity index (χ1v) is 17.6. The summed E-state index contributed by atoms with van der Waals surface area (Å²) in [4.78, 5) is 0. The fraction of sp³-hybridized carbons (Fsp3) is 0.302. The summed E-state index contributed by atoms with van der Waals surface area (Å²) in [7, 11) is 0. The van der Waals surface area contributed by atoms with E-state index in [9.17, 15) is 26.3 Å². The first kappa shape index (κ1) is 45.3. The number of hydrogen-bond acceptors (Lipinski definition) is 0. The molecule has 0 radical (unpaired) electrons. The molecular formula is C43H42Cl2F6Zr-2. The summed E-state index contributed by atoms with van der Waals surface area (Å²) in [6.07, 6.45) is -7.94. The van der Waals surface area contributed by atoms with Crippen molar-refractivity contribution in [1.82, 2.24) is 0 Å². The predicted molar refractivity (Wildman–Crippen MR) is 189 cm³/mol. The van der Waals surface area contributed by atoms with E-state index in [4.69, 9.17) is 0 Å². The van der Waals surface area contributed by atoms with Crippen LogP contribution in [-0.4, -0.2) is 3.21 Å². The average molecular weight is 835 g/mol. The van der Waals surface area contributed by atoms with Crippen LogP contribution in [0, 0.1) is 19.9 Å². The summed E-state index contributed by atoms with van der Waals surface area (Å²) in [6, 6.07) is 30.1. The number of aryl methyl sites for hydroxylation is 2. The van der Waals surface area contributed by atoms with Crippen molar-refractivity contribution in [1.29, 1.82) is 0 Å². The Morgan fingerprint density at radius 3 is 1.50 bits per heavy atom. The molecule has 0 fully saturated rings. The molecule has 0 N–H and O–H groups in total. The van der Waals surface area contributed by atoms with E-state index in [2.05, 4.69) is 79.7 Å². The average Bonchev–Trinajstić information content (AvgIpc) is 3.70. The van der Waals surface area contributed by atoms with Gasteiger partial charge >= 0.3 is 137 Å². The fourth-order valence-electron chi connectivity index (χ4n) is 6.21. The predicted octanol–water partition coefficient (Wildman–Crippen LogP) is 6.52. The third-order valence-electron chi connectivity index (χ3n) is 8.59. The second-order valence-corrected chi connectivity index (χ2v) is 15.9. The van der Waals surface area contributed by atoms with E-state index in [0.29, 0.717) is 3.21 Å². The molecule has 0 spiro atoms. The molecule has 0 aromatic heterocycles. The quantitative estimate of drug-likeness (QED) is 0.138. The van der Waals surface area contributed by atoms with Gasteiger partial charge in [-0.3, -0.25) is 0 Å². The van der Waals surface area contributed by atoms with Gasteiger partial charge in [0.05, 0.1) is 0 Å². The first-order valence-electron chi connectivity index (χ1n) is 16.4. The van der Waals surface area contributed by atoms with Crippen LogP contribution in [-0.2, 0) is 53.8 Å². The maximum atomic E-state index is 12.7. The molecule has 276 valence electrons. The molecule has 1 aliphatic rings. The van der Waals surface area contributed by atoms with Crippen molar-refractivity contribution in [3.63, 3.8) is 0 Å². The maximum Gasteiger partial charge on any atom is -0.172 e. The molecule has 0 bridgehead atoms. The SMILES string of the molecule is Cc1[c-]c2c(cc1C(C)(C)C)-c1cc(C(C)(C)C)c(C)cc1C2.FC(F)(F)c1cccc([C](=[Zr+2])c2cccc(C(F)(F)F)c2)c1.[Cl-].[Cl-].c1cc[cH-]c1. The maximum absolute atomic E-state index is 12.7. The molecule has 0 atom stereocenters. The monoisotopic (exact) mass is 832 g/mol. The molecule has 0 saturated heterocycles. The Morgan fingerprint density at radius 1 is 0.635 bits per heavy atom. The molecule has 6 rings (SSSR count). The second-order valence-electron chi connectivity index (χ2n) is 14.7. The molecule has 0 aliphatic heterocycles. The van der Waals surface area contributed by atoms with Gasteiger partial charge in [0, 0.05) is 0 Å². The molecule has 5 aromatic carbocycles. The van der Waals surface area contributed by atoms with Crippen LogP contribution in [0.1, 0.15) is 97.2 Å². The van der Waals surface area contributed by atoms with E-state index in [1.54, 1.807) is 0 Å². The van der Waals surface area contributed by atoms with Crippen molar-refractivity contribution in [3.05, 3.63) is 159 Å². The van der Waals surface area contributed by atoms with Crippen LogP contribution in [0.25, 0.3) is 11.1 Å². The van der Waals surface area contributed by atoms with Gasteiger partial charge in [-0.1, -0.05) is 71.6 Å². The molecule has 0 amide bonds. The Kier molecular flexibility index (Phi) is 15.3. The van der Waals surface area contributed by atoms with Crippen LogP contribution in [0.5, 0.6) is 0 Å². The van der Waals surface area contributed by atoms with E-state index in [-0.39, 0.29) is 46.8 Å². The van der Waals surface area contributed by atoms with E-state index < -0.39 is 23.5 Å². The van der Waals surface area contributed by atoms with Crippen molar-refractivity contribution >= 4 is 3.21 Å². The van der Waals surface area contributed by atoms with Crippen LogP contribution >= 0.6 is 0 Å². The Bertz CT molecular complexity index is 1810. The third-order valence-corrected chi connectivity index (χ3v) is 10.0. The van der Waals surface area contributed by atoms with Gasteiger partial charge in [0.15, 0.2) is 0 Å². The van der Waals surface area contributed by atoms with E-state index in [0.717, 1.165) is 54.9 Å². The van der Waals surface area contributed by atoms with E-state index in [1.807, 2.05) is 30.3 Å². The zero-order chi connectivity index (χ0) is 37.2. The molecular weight excluding hydrogens is 793 g/mol. The van der Waals surface area contributed by atoms with Crippen molar-refractivity contribution < 1.29 is 75.4 Å². The number of rotatable bonds is 2. The normalized spacial score (nSPS) is 12.2. The summed E-state index contributed by atoms with van der Waals surface area (Å²) in [5.74, 6) is 0. The van der Waals surface area contributed by atoms with Crippen LogP contribution < -0.4 is 24.8 Å². The molecule has 0 unspecified atom stereocenters. The van der Waals surface area contributed by atoms with Crippen molar-refractivity contribution in [2.75, 3.05) is 0 Å². The topological polar surface area (TPSA) is 0 Å². The minimum absolute atomic E-state index is 0. The van der Waals surface area contributed by atoms with Crippen molar-refractivity contribution in [2.45, 2.75) is 85.0 Å². The van der Waals surface area contributed by atoms with Crippen LogP contribution in [0.4, 0.5) is 26.3 Å². The van der Waals surface area contributed by atoms with Gasteiger partial charge in [-0.05, 0) is 35.4 Å². The number of alkyl halides is 6. The molecule has 52 heavy (non-hydrogen) atoms. The minimum Gasteiger partial charge on any atom is -1.00 e. The second kappa shape index (κ2) is 17.5. The summed E-state index contributed by atoms with van der Waals surface area (Å²) >= 11 is 0.729. The minimum atomic E-state index is -4.49. The summed E-state index contributed by atoms with van der Waals surface area (Å²) in [5, 5.41) is 0. The zero-order valence-electron chi connectivity index (χ0n) is 30.5. The zero-order valence-corrected chi connectivity index (χ0v) is 34.4. The number of hydrogen-bond donors (Lipinski definition) is 0. The Balaban J connectivity index is 0.000000307. The first-order chi connectivity index (χ1) is 23.1. The van der Waals surface area contributed by atoms with Crippen LogP contribution in [0.2, 0.25) is 0 Å². The van der Waals surface area contributed by atoms with Gasteiger partial charge in [0.2, 0.25) is 0 Å². The van der Waals surface area contributed by atoms with Gasteiger partial charge in [-0.2, -0.15) is 35.9 Å². The van der Waals surface area contributed by atoms with Crippen LogP contribution in [0.15, 0.2) is 97.1 Å². The third kappa shape index (κ3) is 11.3. The van der Waals surface area contributed by atoms with Gasteiger partial charge < -0.3 is 24.8 Å². The number of fused-ring (bicyclic) bond motifs is 3. The van der Waals surface area contributed by atoms with E-state index in [1.165, 1.54) is 68.8 Å². The van der Waals surface area contributed by atoms with E-state index >= 15 is 0 Å². The molecule has 9 heteroatoms. The molecule has 0 heterocycles. The fourth-order valence-corrected chi connectivity index (χ4v) is 6.98. The Morgan fingerprint density at radius 2 is 1.10 bits per heavy atom. The standard InChI is InChI=1S/C23H29.C15H8F6.C5H5.2ClH.Zr/c1-14-9-16-11-17-10-15(2)21(23(6,7)8)13-19(17)18(16)12-20(14)22(3,4)5;16-14(17,18)12-5-1-3-10(8-12)7-11-4-2-6-13(9-11)15(19,20)21;1-2-4-5-3-1;;;/h9,12-13H,11H2,1-8H3;1-6,8-9H;1-5H;2*1H;/q-1;;-1;;;+2/p-2. The van der Waals surface area contributed by atoms with Gasteiger partial charge in [-0.15, -0.1) is 16.7 Å². The van der Waals surface area contributed by atoms with Gasteiger partial charge in [0.1, 0.15) is 0 Å². The molecule has 5 aromatic rings. The van der Waals surface area contributed by atoms with Gasteiger partial charge in [-0.25, -0.2) is 12.1 Å². The Hall–Kier alpha value is -2.86. The van der Waals surface area contributed by atoms with Crippen molar-refractivity contribution in [2.24, 2.45) is 0 Å². The molecule has 0 saturated carbocycles. The van der Waals surface area contributed by atoms with Crippen molar-refractivity contribution in [3.8, 4) is 11.1 Å². The largest absolute Gasteiger partial charge is 1.00 e. The number of halogens is 8. The summed E-state index contributed by atoms with van der Waals surface area (Å²) in [6.45, 7) is 18.2. The Labute approximate surface area is 331 Å². The van der Waals surface area contributed by atoms with Gasteiger partial charge in [0.25, 0.3) is 0 Å². The molecule has 0 nitrogen and oxygen atoms in total. The summed E-state index contributed by atoms with van der Waals surface area (Å²) < 4.78 is 76.7. The van der Waals surface area contributed by atoms with Crippen LogP contribution in [0.3, 0.4) is 0 Å². The molecule has 1 aliphatic carbocycles. The summed E-state index contributed by atoms with van der Waals surface area (Å²) in [5.41, 5.74) is 10.5. The smallest absolute Gasteiger partial charge is 0.172 e.